The van der Waals surface area contributed by atoms with Crippen LogP contribution in [-0.4, -0.2) is 45.2 Å². The van der Waals surface area contributed by atoms with E-state index in [9.17, 15) is 9.59 Å². The average molecular weight is 333 g/mol. The van der Waals surface area contributed by atoms with Crippen molar-refractivity contribution in [3.63, 3.8) is 0 Å². The molecular formula is C18H27N3O3. The number of rotatable bonds is 7. The number of methoxy groups -OCH3 is 1. The van der Waals surface area contributed by atoms with E-state index in [1.54, 1.807) is 19.2 Å². The molecule has 1 aliphatic rings. The van der Waals surface area contributed by atoms with E-state index >= 15 is 0 Å². The molecule has 24 heavy (non-hydrogen) atoms. The quantitative estimate of drug-likeness (QED) is 0.697. The second-order valence-corrected chi connectivity index (χ2v) is 6.20. The Balaban J connectivity index is 1.94. The predicted molar refractivity (Wildman–Crippen MR) is 92.7 cm³/mol. The second kappa shape index (κ2) is 8.80. The van der Waals surface area contributed by atoms with E-state index < -0.39 is 5.41 Å². The lowest BCUT2D eigenvalue weighted by Crippen LogP contribution is -2.49. The lowest BCUT2D eigenvalue weighted by atomic mass is 9.78. The van der Waals surface area contributed by atoms with E-state index in [0.29, 0.717) is 25.3 Å². The smallest absolute Gasteiger partial charge is 0.251 e. The number of benzene rings is 1. The lowest BCUT2D eigenvalue weighted by Gasteiger charge is -2.35. The number of hydrogen-bond acceptors (Lipinski definition) is 4. The summed E-state index contributed by atoms with van der Waals surface area (Å²) in [6.45, 7) is 5.05. The molecule has 3 N–H and O–H groups in total. The molecule has 1 fully saturated rings. The van der Waals surface area contributed by atoms with Gasteiger partial charge in [-0.05, 0) is 50.6 Å². The van der Waals surface area contributed by atoms with Crippen LogP contribution in [0.4, 0.5) is 0 Å². The van der Waals surface area contributed by atoms with Gasteiger partial charge in [0.25, 0.3) is 5.91 Å². The number of hydrogen-bond donors (Lipinski definition) is 3. The summed E-state index contributed by atoms with van der Waals surface area (Å²) in [7, 11) is 1.64. The topological polar surface area (TPSA) is 79.5 Å². The van der Waals surface area contributed by atoms with Gasteiger partial charge in [0.15, 0.2) is 0 Å². The lowest BCUT2D eigenvalue weighted by molar-refractivity contribution is -0.136. The maximum atomic E-state index is 12.7. The maximum Gasteiger partial charge on any atom is 0.251 e. The fraction of sp³-hybridized carbons (Fsp3) is 0.556. The zero-order valence-electron chi connectivity index (χ0n) is 14.5. The molecule has 132 valence electrons. The van der Waals surface area contributed by atoms with Gasteiger partial charge in [0.1, 0.15) is 0 Å². The van der Waals surface area contributed by atoms with Gasteiger partial charge in [0, 0.05) is 25.8 Å². The first-order valence-electron chi connectivity index (χ1n) is 8.46. The molecule has 0 aliphatic carbocycles. The molecule has 0 unspecified atom stereocenters. The van der Waals surface area contributed by atoms with Crippen molar-refractivity contribution in [1.29, 1.82) is 0 Å². The molecule has 0 saturated carbocycles. The Morgan fingerprint density at radius 1 is 1.17 bits per heavy atom. The SMILES string of the molecule is CCNC(=O)c1ccc(CNC(=O)C2(COC)CCNCC2)cc1. The molecular weight excluding hydrogens is 306 g/mol. The van der Waals surface area contributed by atoms with Crippen molar-refractivity contribution in [3.8, 4) is 0 Å². The molecule has 1 aliphatic heterocycles. The standard InChI is InChI=1S/C18H27N3O3/c1-3-20-16(22)15-6-4-14(5-7-15)12-21-17(23)18(13-24-2)8-10-19-11-9-18/h4-7,19H,3,8-13H2,1-2H3,(H,20,22)(H,21,23). The number of carbonyl (C=O) groups is 2. The van der Waals surface area contributed by atoms with E-state index in [1.807, 2.05) is 19.1 Å². The minimum absolute atomic E-state index is 0.0404. The zero-order valence-corrected chi connectivity index (χ0v) is 14.5. The highest BCUT2D eigenvalue weighted by atomic mass is 16.5. The summed E-state index contributed by atoms with van der Waals surface area (Å²) in [5.74, 6) is -0.0412. The maximum absolute atomic E-state index is 12.7. The molecule has 0 atom stereocenters. The third kappa shape index (κ3) is 4.55. The van der Waals surface area contributed by atoms with Crippen LogP contribution in [0.15, 0.2) is 24.3 Å². The number of piperidine rings is 1. The van der Waals surface area contributed by atoms with Crippen LogP contribution in [0.3, 0.4) is 0 Å². The van der Waals surface area contributed by atoms with Gasteiger partial charge < -0.3 is 20.7 Å². The fourth-order valence-corrected chi connectivity index (χ4v) is 3.03. The van der Waals surface area contributed by atoms with Gasteiger partial charge in [-0.25, -0.2) is 0 Å². The molecule has 1 aromatic carbocycles. The Morgan fingerprint density at radius 3 is 2.42 bits per heavy atom. The van der Waals surface area contributed by atoms with Gasteiger partial charge in [-0.2, -0.15) is 0 Å². The number of amides is 2. The Hall–Kier alpha value is -1.92. The van der Waals surface area contributed by atoms with Crippen LogP contribution in [0.25, 0.3) is 0 Å². The van der Waals surface area contributed by atoms with E-state index in [0.717, 1.165) is 31.5 Å². The van der Waals surface area contributed by atoms with Gasteiger partial charge >= 0.3 is 0 Å². The zero-order chi connectivity index (χ0) is 17.4. The van der Waals surface area contributed by atoms with E-state index in [2.05, 4.69) is 16.0 Å². The van der Waals surface area contributed by atoms with Crippen molar-refractivity contribution >= 4 is 11.8 Å². The summed E-state index contributed by atoms with van der Waals surface area (Å²) in [4.78, 5) is 24.4. The first-order chi connectivity index (χ1) is 11.6. The van der Waals surface area contributed by atoms with E-state index in [4.69, 9.17) is 4.74 Å². The summed E-state index contributed by atoms with van der Waals surface area (Å²) in [5, 5.41) is 9.07. The number of nitrogens with one attached hydrogen (secondary N) is 3. The molecule has 1 heterocycles. The Bertz CT molecular complexity index is 546. The first-order valence-corrected chi connectivity index (χ1v) is 8.46. The second-order valence-electron chi connectivity index (χ2n) is 6.20. The Labute approximate surface area is 143 Å². The molecule has 2 amide bonds. The van der Waals surface area contributed by atoms with Crippen LogP contribution >= 0.6 is 0 Å². The van der Waals surface area contributed by atoms with Gasteiger partial charge in [-0.15, -0.1) is 0 Å². The molecule has 1 saturated heterocycles. The highest BCUT2D eigenvalue weighted by Gasteiger charge is 2.39. The number of ether oxygens (including phenoxy) is 1. The molecule has 1 aromatic rings. The van der Waals surface area contributed by atoms with Crippen molar-refractivity contribution in [2.75, 3.05) is 33.4 Å². The van der Waals surface area contributed by atoms with Crippen molar-refractivity contribution in [2.45, 2.75) is 26.3 Å². The van der Waals surface area contributed by atoms with Crippen LogP contribution < -0.4 is 16.0 Å². The predicted octanol–water partition coefficient (Wildman–Crippen LogP) is 1.07. The van der Waals surface area contributed by atoms with Gasteiger partial charge in [0.05, 0.1) is 12.0 Å². The van der Waals surface area contributed by atoms with Gasteiger partial charge in [-0.3, -0.25) is 9.59 Å². The fourth-order valence-electron chi connectivity index (χ4n) is 3.03. The van der Waals surface area contributed by atoms with Gasteiger partial charge in [-0.1, -0.05) is 12.1 Å². The summed E-state index contributed by atoms with van der Waals surface area (Å²) in [6, 6.07) is 7.30. The molecule has 0 bridgehead atoms. The summed E-state index contributed by atoms with van der Waals surface area (Å²) in [6.07, 6.45) is 1.56. The van der Waals surface area contributed by atoms with Crippen molar-refractivity contribution in [2.24, 2.45) is 5.41 Å². The molecule has 2 rings (SSSR count). The molecule has 0 aromatic heterocycles. The molecule has 6 nitrogen and oxygen atoms in total. The highest BCUT2D eigenvalue weighted by Crippen LogP contribution is 2.29. The van der Waals surface area contributed by atoms with E-state index in [1.165, 1.54) is 0 Å². The van der Waals surface area contributed by atoms with Crippen LogP contribution in [0.1, 0.15) is 35.7 Å². The Kier molecular flexibility index (Phi) is 6.75. The summed E-state index contributed by atoms with van der Waals surface area (Å²) < 4.78 is 5.29. The van der Waals surface area contributed by atoms with Crippen LogP contribution in [0, 0.1) is 5.41 Å². The van der Waals surface area contributed by atoms with Crippen molar-refractivity contribution < 1.29 is 14.3 Å². The van der Waals surface area contributed by atoms with Crippen LogP contribution in [-0.2, 0) is 16.1 Å². The van der Waals surface area contributed by atoms with E-state index in [-0.39, 0.29) is 11.8 Å². The molecule has 0 radical (unpaired) electrons. The minimum Gasteiger partial charge on any atom is -0.384 e. The first kappa shape index (κ1) is 18.4. The minimum atomic E-state index is -0.443. The third-order valence-corrected chi connectivity index (χ3v) is 4.47. The largest absolute Gasteiger partial charge is 0.384 e. The monoisotopic (exact) mass is 333 g/mol. The average Bonchev–Trinajstić information content (AvgIpc) is 2.61. The van der Waals surface area contributed by atoms with Crippen LogP contribution in [0.5, 0.6) is 0 Å². The summed E-state index contributed by atoms with van der Waals surface area (Å²) in [5.41, 5.74) is 1.15. The van der Waals surface area contributed by atoms with Crippen molar-refractivity contribution in [3.05, 3.63) is 35.4 Å². The van der Waals surface area contributed by atoms with Crippen LogP contribution in [0.2, 0.25) is 0 Å². The van der Waals surface area contributed by atoms with Crippen molar-refractivity contribution in [1.82, 2.24) is 16.0 Å². The highest BCUT2D eigenvalue weighted by molar-refractivity contribution is 5.94. The number of carbonyl (C=O) groups excluding carboxylic acids is 2. The third-order valence-electron chi connectivity index (χ3n) is 4.47. The Morgan fingerprint density at radius 2 is 1.83 bits per heavy atom. The normalized spacial score (nSPS) is 16.4. The molecule has 6 heteroatoms. The molecule has 0 spiro atoms. The summed E-state index contributed by atoms with van der Waals surface area (Å²) >= 11 is 0. The van der Waals surface area contributed by atoms with Gasteiger partial charge in [0.2, 0.25) is 5.91 Å².